The number of halogens is 1. The highest BCUT2D eigenvalue weighted by molar-refractivity contribution is 6.06. The predicted octanol–water partition coefficient (Wildman–Crippen LogP) is 3.22. The number of amides is 1. The van der Waals surface area contributed by atoms with E-state index < -0.39 is 5.82 Å². The van der Waals surface area contributed by atoms with E-state index in [9.17, 15) is 9.18 Å². The summed E-state index contributed by atoms with van der Waals surface area (Å²) in [7, 11) is 1.42. The Labute approximate surface area is 166 Å². The van der Waals surface area contributed by atoms with E-state index in [0.29, 0.717) is 29.9 Å². The third kappa shape index (κ3) is 2.79. The summed E-state index contributed by atoms with van der Waals surface area (Å²) < 4.78 is 19.5. The van der Waals surface area contributed by atoms with Crippen molar-refractivity contribution in [3.8, 4) is 17.0 Å². The number of rotatable bonds is 4. The van der Waals surface area contributed by atoms with E-state index in [1.54, 1.807) is 18.3 Å². The fourth-order valence-electron chi connectivity index (χ4n) is 4.09. The molecule has 0 bridgehead atoms. The van der Waals surface area contributed by atoms with Crippen LogP contribution < -0.4 is 20.7 Å². The average molecular weight is 393 g/mol. The number of nitrogens with zero attached hydrogens (tertiary/aromatic N) is 1. The van der Waals surface area contributed by atoms with Gasteiger partial charge in [-0.3, -0.25) is 4.79 Å². The van der Waals surface area contributed by atoms with Gasteiger partial charge in [0.25, 0.3) is 5.91 Å². The summed E-state index contributed by atoms with van der Waals surface area (Å²) in [5.41, 5.74) is 5.34. The number of carbonyl (C=O) groups is 1. The van der Waals surface area contributed by atoms with Gasteiger partial charge in [-0.15, -0.1) is 0 Å². The van der Waals surface area contributed by atoms with Crippen molar-refractivity contribution in [2.45, 2.75) is 12.8 Å². The van der Waals surface area contributed by atoms with Crippen molar-refractivity contribution in [1.82, 2.24) is 15.3 Å². The molecule has 2 aliphatic rings. The number of pyridine rings is 1. The molecule has 0 saturated carbocycles. The highest BCUT2D eigenvalue weighted by Crippen LogP contribution is 2.41. The number of aromatic nitrogens is 2. The first kappa shape index (κ1) is 17.5. The number of aromatic amines is 1. The zero-order valence-corrected chi connectivity index (χ0v) is 15.9. The first-order valence-electron chi connectivity index (χ1n) is 9.52. The van der Waals surface area contributed by atoms with Gasteiger partial charge in [0.15, 0.2) is 11.6 Å². The molecular formula is C21H20FN5O2. The minimum absolute atomic E-state index is 0.103. The van der Waals surface area contributed by atoms with E-state index in [-0.39, 0.29) is 11.7 Å². The maximum Gasteiger partial charge on any atom is 0.255 e. The Kier molecular flexibility index (Phi) is 4.12. The van der Waals surface area contributed by atoms with Gasteiger partial charge in [-0.2, -0.15) is 0 Å². The van der Waals surface area contributed by atoms with Crippen molar-refractivity contribution in [3.05, 3.63) is 53.1 Å². The quantitative estimate of drug-likeness (QED) is 0.546. The molecule has 8 heteroatoms. The van der Waals surface area contributed by atoms with Crippen LogP contribution in [0.1, 0.15) is 21.6 Å². The van der Waals surface area contributed by atoms with Crippen molar-refractivity contribution in [2.24, 2.45) is 0 Å². The van der Waals surface area contributed by atoms with Crippen molar-refractivity contribution in [2.75, 3.05) is 30.8 Å². The van der Waals surface area contributed by atoms with Crippen LogP contribution in [0.2, 0.25) is 0 Å². The second-order valence-corrected chi connectivity index (χ2v) is 7.04. The smallest absolute Gasteiger partial charge is 0.255 e. The van der Waals surface area contributed by atoms with Gasteiger partial charge in [-0.1, -0.05) is 6.07 Å². The van der Waals surface area contributed by atoms with Gasteiger partial charge < -0.3 is 25.7 Å². The molecule has 5 rings (SSSR count). The Morgan fingerprint density at radius 2 is 2.03 bits per heavy atom. The third-order valence-corrected chi connectivity index (χ3v) is 5.39. The highest BCUT2D eigenvalue weighted by atomic mass is 19.1. The van der Waals surface area contributed by atoms with E-state index in [1.165, 1.54) is 13.2 Å². The van der Waals surface area contributed by atoms with E-state index in [0.717, 1.165) is 41.3 Å². The fraction of sp³-hybridized carbons (Fsp3) is 0.238. The number of anilines is 3. The van der Waals surface area contributed by atoms with Crippen LogP contribution in [0.25, 0.3) is 11.3 Å². The van der Waals surface area contributed by atoms with Gasteiger partial charge in [0.2, 0.25) is 0 Å². The SMILES string of the molecule is COc1c(F)cccc1Nc1c(-c2ccnc3c2CCN3)[nH]c2c1C(=O)NCC2. The van der Waals surface area contributed by atoms with Gasteiger partial charge in [-0.05, 0) is 24.6 Å². The summed E-state index contributed by atoms with van der Waals surface area (Å²) in [4.78, 5) is 20.5. The van der Waals surface area contributed by atoms with Crippen LogP contribution in [0.5, 0.6) is 5.75 Å². The molecule has 0 radical (unpaired) electrons. The molecule has 0 unspecified atom stereocenters. The molecule has 148 valence electrons. The lowest BCUT2D eigenvalue weighted by molar-refractivity contribution is 0.0947. The number of ether oxygens (including phenoxy) is 1. The normalized spacial score (nSPS) is 14.6. The Morgan fingerprint density at radius 3 is 2.90 bits per heavy atom. The number of hydrogen-bond acceptors (Lipinski definition) is 5. The number of benzene rings is 1. The van der Waals surface area contributed by atoms with E-state index in [2.05, 4.69) is 25.9 Å². The second kappa shape index (κ2) is 6.80. The Balaban J connectivity index is 1.71. The van der Waals surface area contributed by atoms with Crippen molar-refractivity contribution < 1.29 is 13.9 Å². The van der Waals surface area contributed by atoms with Gasteiger partial charge in [0.05, 0.1) is 29.7 Å². The van der Waals surface area contributed by atoms with Crippen LogP contribution in [0.3, 0.4) is 0 Å². The zero-order valence-electron chi connectivity index (χ0n) is 15.9. The number of H-pyrrole nitrogens is 1. The summed E-state index contributed by atoms with van der Waals surface area (Å²) in [6.45, 7) is 1.39. The molecule has 3 aromatic rings. The standard InChI is InChI=1S/C21H20FN5O2/c1-29-19-13(22)3-2-4-15(19)27-18-16-14(7-10-25-21(16)28)26-17(18)11-5-8-23-20-12(11)6-9-24-20/h2-5,8,26-27H,6-7,9-10H2,1H3,(H,23,24)(H,25,28). The van der Waals surface area contributed by atoms with Crippen LogP contribution in [0, 0.1) is 5.82 Å². The molecule has 2 aliphatic heterocycles. The van der Waals surface area contributed by atoms with Gasteiger partial charge in [0.1, 0.15) is 5.82 Å². The Morgan fingerprint density at radius 1 is 1.17 bits per heavy atom. The number of nitrogens with one attached hydrogen (secondary N) is 4. The Bertz CT molecular complexity index is 1120. The van der Waals surface area contributed by atoms with E-state index in [1.807, 2.05) is 6.07 Å². The van der Waals surface area contributed by atoms with Crippen molar-refractivity contribution in [3.63, 3.8) is 0 Å². The fourth-order valence-corrected chi connectivity index (χ4v) is 4.09. The van der Waals surface area contributed by atoms with Crippen LogP contribution >= 0.6 is 0 Å². The molecule has 7 nitrogen and oxygen atoms in total. The molecule has 4 heterocycles. The molecule has 1 aromatic carbocycles. The second-order valence-electron chi connectivity index (χ2n) is 7.04. The number of hydrogen-bond donors (Lipinski definition) is 4. The largest absolute Gasteiger partial charge is 0.492 e. The van der Waals surface area contributed by atoms with E-state index in [4.69, 9.17) is 4.74 Å². The zero-order chi connectivity index (χ0) is 20.0. The first-order chi connectivity index (χ1) is 14.2. The number of fused-ring (bicyclic) bond motifs is 2. The molecule has 0 aliphatic carbocycles. The maximum atomic E-state index is 14.2. The van der Waals surface area contributed by atoms with Crippen LogP contribution in [-0.2, 0) is 12.8 Å². The Hall–Kier alpha value is -3.55. The molecule has 0 atom stereocenters. The topological polar surface area (TPSA) is 91.1 Å². The van der Waals surface area contributed by atoms with Gasteiger partial charge in [-0.25, -0.2) is 9.37 Å². The maximum absolute atomic E-state index is 14.2. The summed E-state index contributed by atoms with van der Waals surface area (Å²) in [6.07, 6.45) is 3.29. The van der Waals surface area contributed by atoms with Crippen LogP contribution in [0.15, 0.2) is 30.5 Å². The van der Waals surface area contributed by atoms with Crippen LogP contribution in [0.4, 0.5) is 21.6 Å². The van der Waals surface area contributed by atoms with Crippen molar-refractivity contribution >= 4 is 23.1 Å². The monoisotopic (exact) mass is 393 g/mol. The van der Waals surface area contributed by atoms with Gasteiger partial charge >= 0.3 is 0 Å². The number of methoxy groups -OCH3 is 1. The summed E-state index contributed by atoms with van der Waals surface area (Å²) in [5.74, 6) is 0.331. The lowest BCUT2D eigenvalue weighted by Crippen LogP contribution is -2.31. The summed E-state index contributed by atoms with van der Waals surface area (Å²) >= 11 is 0. The molecule has 2 aromatic heterocycles. The molecule has 0 spiro atoms. The molecule has 29 heavy (non-hydrogen) atoms. The molecule has 0 saturated heterocycles. The molecule has 1 amide bonds. The highest BCUT2D eigenvalue weighted by Gasteiger charge is 2.29. The number of para-hydroxylation sites is 1. The minimum Gasteiger partial charge on any atom is -0.492 e. The number of carbonyl (C=O) groups excluding carboxylic acids is 1. The molecule has 4 N–H and O–H groups in total. The average Bonchev–Trinajstić information content (AvgIpc) is 3.34. The van der Waals surface area contributed by atoms with Crippen molar-refractivity contribution in [1.29, 1.82) is 0 Å². The van der Waals surface area contributed by atoms with Crippen LogP contribution in [-0.4, -0.2) is 36.1 Å². The molecule has 0 fully saturated rings. The summed E-state index contributed by atoms with van der Waals surface area (Å²) in [6, 6.07) is 6.61. The third-order valence-electron chi connectivity index (χ3n) is 5.39. The molecular weight excluding hydrogens is 373 g/mol. The summed E-state index contributed by atoms with van der Waals surface area (Å²) in [5, 5.41) is 9.44. The van der Waals surface area contributed by atoms with Gasteiger partial charge in [0, 0.05) is 42.5 Å². The minimum atomic E-state index is -0.470. The van der Waals surface area contributed by atoms with E-state index >= 15 is 0 Å². The lowest BCUT2D eigenvalue weighted by atomic mass is 10.0. The first-order valence-corrected chi connectivity index (χ1v) is 9.52. The predicted molar refractivity (Wildman–Crippen MR) is 108 cm³/mol. The lowest BCUT2D eigenvalue weighted by Gasteiger charge is -2.17.